The van der Waals surface area contributed by atoms with Crippen LogP contribution in [0.4, 0.5) is 0 Å². The molecule has 4 rings (SSSR count). The van der Waals surface area contributed by atoms with E-state index in [-0.39, 0.29) is 0 Å². The highest BCUT2D eigenvalue weighted by Crippen LogP contribution is 2.24. The zero-order valence-corrected chi connectivity index (χ0v) is 17.1. The van der Waals surface area contributed by atoms with Gasteiger partial charge in [-0.25, -0.2) is 9.97 Å². The van der Waals surface area contributed by atoms with Crippen molar-refractivity contribution >= 4 is 11.6 Å². The normalized spacial score (nSPS) is 22.4. The van der Waals surface area contributed by atoms with Gasteiger partial charge >= 0.3 is 0 Å². The van der Waals surface area contributed by atoms with E-state index in [1.807, 2.05) is 36.7 Å². The Kier molecular flexibility index (Phi) is 6.58. The molecule has 0 amide bonds. The molecule has 28 heavy (non-hydrogen) atoms. The molecular formula is C22H29ClN4O. The van der Waals surface area contributed by atoms with Crippen molar-refractivity contribution in [2.75, 3.05) is 32.8 Å². The second-order valence-corrected chi connectivity index (χ2v) is 8.55. The van der Waals surface area contributed by atoms with Gasteiger partial charge in [0, 0.05) is 54.3 Å². The Hall–Kier alpha value is -1.53. The van der Waals surface area contributed by atoms with Crippen LogP contribution in [0.1, 0.15) is 31.2 Å². The topological polar surface area (TPSA) is 52.5 Å². The summed E-state index contributed by atoms with van der Waals surface area (Å²) in [5, 5.41) is 10.1. The molecule has 5 nitrogen and oxygen atoms in total. The van der Waals surface area contributed by atoms with E-state index >= 15 is 0 Å². The van der Waals surface area contributed by atoms with E-state index in [0.29, 0.717) is 18.6 Å². The van der Waals surface area contributed by atoms with Crippen LogP contribution >= 0.6 is 11.6 Å². The van der Waals surface area contributed by atoms with Crippen LogP contribution in [-0.4, -0.2) is 63.7 Å². The van der Waals surface area contributed by atoms with Gasteiger partial charge in [-0.3, -0.25) is 9.80 Å². The molecule has 6 heteroatoms. The summed E-state index contributed by atoms with van der Waals surface area (Å²) in [5.74, 6) is 1.25. The van der Waals surface area contributed by atoms with Crippen LogP contribution in [0.3, 0.4) is 0 Å². The lowest BCUT2D eigenvalue weighted by Gasteiger charge is -2.42. The van der Waals surface area contributed by atoms with Gasteiger partial charge in [0.05, 0.1) is 0 Å². The van der Waals surface area contributed by atoms with Gasteiger partial charge in [0.15, 0.2) is 5.82 Å². The van der Waals surface area contributed by atoms with Crippen molar-refractivity contribution in [1.29, 1.82) is 0 Å². The molecule has 1 aromatic heterocycles. The Morgan fingerprint density at radius 2 is 1.71 bits per heavy atom. The van der Waals surface area contributed by atoms with Gasteiger partial charge < -0.3 is 5.11 Å². The molecule has 1 atom stereocenters. The fourth-order valence-corrected chi connectivity index (χ4v) is 4.54. The molecule has 2 aliphatic rings. The summed E-state index contributed by atoms with van der Waals surface area (Å²) < 4.78 is 0. The minimum absolute atomic E-state index is 0.344. The van der Waals surface area contributed by atoms with Crippen molar-refractivity contribution in [3.63, 3.8) is 0 Å². The van der Waals surface area contributed by atoms with Gasteiger partial charge in [-0.1, -0.05) is 11.6 Å². The smallest absolute Gasteiger partial charge is 0.159 e. The number of hydrogen-bond donors (Lipinski definition) is 1. The minimum atomic E-state index is 0.344. The van der Waals surface area contributed by atoms with Crippen molar-refractivity contribution in [3.8, 4) is 11.4 Å². The lowest BCUT2D eigenvalue weighted by molar-refractivity contribution is 0.0543. The number of aliphatic hydroxyl groups excluding tert-OH is 1. The van der Waals surface area contributed by atoms with Gasteiger partial charge in [0.25, 0.3) is 0 Å². The largest absolute Gasteiger partial charge is 0.396 e. The van der Waals surface area contributed by atoms with Crippen LogP contribution in [-0.2, 0) is 6.54 Å². The molecular weight excluding hydrogens is 372 g/mol. The highest BCUT2D eigenvalue weighted by atomic mass is 35.5. The number of hydrogen-bond acceptors (Lipinski definition) is 5. The fourth-order valence-electron chi connectivity index (χ4n) is 4.42. The van der Waals surface area contributed by atoms with Gasteiger partial charge in [-0.15, -0.1) is 0 Å². The summed E-state index contributed by atoms with van der Waals surface area (Å²) in [6, 6.07) is 8.28. The Balaban J connectivity index is 1.33. The number of benzene rings is 1. The third-order valence-corrected chi connectivity index (χ3v) is 6.37. The van der Waals surface area contributed by atoms with Crippen LogP contribution in [0.15, 0.2) is 36.7 Å². The monoisotopic (exact) mass is 400 g/mol. The van der Waals surface area contributed by atoms with E-state index in [2.05, 4.69) is 19.8 Å². The van der Waals surface area contributed by atoms with Crippen molar-refractivity contribution in [2.24, 2.45) is 5.92 Å². The van der Waals surface area contributed by atoms with E-state index in [9.17, 15) is 5.11 Å². The molecule has 0 saturated carbocycles. The molecule has 150 valence electrons. The summed E-state index contributed by atoms with van der Waals surface area (Å²) in [5.41, 5.74) is 2.15. The number of likely N-dealkylation sites (tertiary alicyclic amines) is 2. The molecule has 1 unspecified atom stereocenters. The molecule has 2 aliphatic heterocycles. The maximum absolute atomic E-state index is 9.35. The zero-order chi connectivity index (χ0) is 19.3. The molecule has 0 spiro atoms. The lowest BCUT2D eigenvalue weighted by Crippen LogP contribution is -2.50. The molecule has 3 heterocycles. The zero-order valence-electron chi connectivity index (χ0n) is 16.3. The number of rotatable bonds is 5. The van der Waals surface area contributed by atoms with Crippen LogP contribution in [0.5, 0.6) is 0 Å². The quantitative estimate of drug-likeness (QED) is 0.832. The Bertz CT molecular complexity index is 744. The van der Waals surface area contributed by atoms with Crippen LogP contribution in [0, 0.1) is 5.92 Å². The first-order chi connectivity index (χ1) is 13.7. The number of aliphatic hydroxyl groups is 1. The molecule has 1 aromatic carbocycles. The molecule has 2 fully saturated rings. The van der Waals surface area contributed by atoms with E-state index in [1.54, 1.807) is 0 Å². The molecule has 0 aliphatic carbocycles. The van der Waals surface area contributed by atoms with Gasteiger partial charge in [0.2, 0.25) is 0 Å². The maximum atomic E-state index is 9.35. The SMILES string of the molecule is OCC1CCN(C2CCCN(Cc3cnc(-c4ccc(Cl)cc4)nc3)C2)CC1. The summed E-state index contributed by atoms with van der Waals surface area (Å²) in [7, 11) is 0. The molecule has 1 N–H and O–H groups in total. The van der Waals surface area contributed by atoms with E-state index in [1.165, 1.54) is 12.8 Å². The van der Waals surface area contributed by atoms with Crippen molar-refractivity contribution in [3.05, 3.63) is 47.2 Å². The first-order valence-corrected chi connectivity index (χ1v) is 10.7. The number of aromatic nitrogens is 2. The van der Waals surface area contributed by atoms with Crippen LogP contribution in [0.2, 0.25) is 5.02 Å². The van der Waals surface area contributed by atoms with Gasteiger partial charge in [-0.05, 0) is 75.5 Å². The number of nitrogens with zero attached hydrogens (tertiary/aromatic N) is 4. The van der Waals surface area contributed by atoms with E-state index in [4.69, 9.17) is 11.6 Å². The highest BCUT2D eigenvalue weighted by Gasteiger charge is 2.28. The first-order valence-electron chi connectivity index (χ1n) is 10.4. The Morgan fingerprint density at radius 3 is 2.39 bits per heavy atom. The highest BCUT2D eigenvalue weighted by molar-refractivity contribution is 6.30. The molecule has 0 bridgehead atoms. The Morgan fingerprint density at radius 1 is 1.00 bits per heavy atom. The van der Waals surface area contributed by atoms with Gasteiger partial charge in [-0.2, -0.15) is 0 Å². The van der Waals surface area contributed by atoms with Crippen LogP contribution in [0.25, 0.3) is 11.4 Å². The summed E-state index contributed by atoms with van der Waals surface area (Å²) in [6.45, 7) is 5.76. The van der Waals surface area contributed by atoms with E-state index < -0.39 is 0 Å². The third-order valence-electron chi connectivity index (χ3n) is 6.12. The summed E-state index contributed by atoms with van der Waals surface area (Å²) in [4.78, 5) is 14.3. The predicted molar refractivity (Wildman–Crippen MR) is 112 cm³/mol. The summed E-state index contributed by atoms with van der Waals surface area (Å²) >= 11 is 5.95. The second-order valence-electron chi connectivity index (χ2n) is 8.11. The summed E-state index contributed by atoms with van der Waals surface area (Å²) in [6.07, 6.45) is 8.70. The van der Waals surface area contributed by atoms with Gasteiger partial charge in [0.1, 0.15) is 0 Å². The molecule has 2 aromatic rings. The standard InChI is InChI=1S/C22H29ClN4O/c23-20-5-3-19(4-6-20)22-24-12-18(13-25-22)14-26-9-1-2-21(15-26)27-10-7-17(16-28)8-11-27/h3-6,12-13,17,21,28H,1-2,7-11,14-16H2. The van der Waals surface area contributed by atoms with Crippen molar-refractivity contribution in [2.45, 2.75) is 38.3 Å². The maximum Gasteiger partial charge on any atom is 0.159 e. The van der Waals surface area contributed by atoms with E-state index in [0.717, 1.165) is 67.5 Å². The average molecular weight is 401 g/mol. The minimum Gasteiger partial charge on any atom is -0.396 e. The fraction of sp³-hybridized carbons (Fsp3) is 0.545. The average Bonchev–Trinajstić information content (AvgIpc) is 2.75. The first kappa shape index (κ1) is 19.8. The molecule has 0 radical (unpaired) electrons. The second kappa shape index (κ2) is 9.31. The predicted octanol–water partition coefficient (Wildman–Crippen LogP) is 3.47. The van der Waals surface area contributed by atoms with Crippen LogP contribution < -0.4 is 0 Å². The third kappa shape index (κ3) is 4.90. The number of piperidine rings is 2. The van der Waals surface area contributed by atoms with Crippen molar-refractivity contribution < 1.29 is 5.11 Å². The Labute approximate surface area is 172 Å². The van der Waals surface area contributed by atoms with Crippen molar-refractivity contribution in [1.82, 2.24) is 19.8 Å². The lowest BCUT2D eigenvalue weighted by atomic mass is 9.94. The number of halogens is 1. The molecule has 2 saturated heterocycles.